The Morgan fingerprint density at radius 1 is 0.974 bits per heavy atom. The topological polar surface area (TPSA) is 88.9 Å². The molecule has 0 aliphatic rings. The van der Waals surface area contributed by atoms with Crippen LogP contribution in [0.15, 0.2) is 78.0 Å². The maximum absolute atomic E-state index is 14.0. The quantitative estimate of drug-likeness (QED) is 0.230. The van der Waals surface area contributed by atoms with Crippen molar-refractivity contribution in [1.82, 2.24) is 20.1 Å². The number of hydrogen-bond donors (Lipinski definition) is 2. The van der Waals surface area contributed by atoms with Gasteiger partial charge in [0.15, 0.2) is 11.0 Å². The van der Waals surface area contributed by atoms with Crippen LogP contribution in [0.3, 0.4) is 0 Å². The Bertz CT molecular complexity index is 1470. The van der Waals surface area contributed by atoms with E-state index >= 15 is 0 Å². The number of carbonyl (C=O) groups excluding carboxylic acids is 2. The first-order valence-electron chi connectivity index (χ1n) is 11.3. The Hall–Kier alpha value is -4.19. The predicted octanol–water partition coefficient (Wildman–Crippen LogP) is 5.39. The Kier molecular flexibility index (Phi) is 8.10. The zero-order valence-electron chi connectivity index (χ0n) is 19.9. The first-order chi connectivity index (χ1) is 18.1. The van der Waals surface area contributed by atoms with E-state index in [1.807, 2.05) is 25.1 Å². The molecule has 2 amide bonds. The van der Waals surface area contributed by atoms with Crippen LogP contribution in [0, 0.1) is 12.7 Å². The van der Waals surface area contributed by atoms with Gasteiger partial charge in [-0.15, -0.1) is 10.2 Å². The maximum Gasteiger partial charge on any atom is 0.418 e. The van der Waals surface area contributed by atoms with Crippen LogP contribution in [-0.2, 0) is 17.5 Å². The Morgan fingerprint density at radius 3 is 2.45 bits per heavy atom. The molecule has 0 atom stereocenters. The van der Waals surface area contributed by atoms with Gasteiger partial charge in [-0.3, -0.25) is 14.2 Å². The molecular formula is C26H21F4N5O2S. The van der Waals surface area contributed by atoms with Crippen molar-refractivity contribution in [2.75, 3.05) is 11.1 Å². The van der Waals surface area contributed by atoms with E-state index in [0.29, 0.717) is 11.5 Å². The van der Waals surface area contributed by atoms with Gasteiger partial charge in [0.1, 0.15) is 5.82 Å². The van der Waals surface area contributed by atoms with Crippen LogP contribution in [0.25, 0.3) is 5.69 Å². The standard InChI is InChI=1S/C26H21F4N5O2S/c1-16-7-6-8-17(13-16)35-22(14-31-24(37)18-9-2-4-11-20(18)27)33-34-25(35)38-15-23(36)32-21-12-5-3-10-19(21)26(28,29)30/h2-13H,14-15H2,1H3,(H,31,37)(H,32,36). The molecule has 0 radical (unpaired) electrons. The van der Waals surface area contributed by atoms with Gasteiger partial charge in [0, 0.05) is 5.69 Å². The van der Waals surface area contributed by atoms with Gasteiger partial charge in [0.2, 0.25) is 5.91 Å². The van der Waals surface area contributed by atoms with E-state index in [4.69, 9.17) is 0 Å². The summed E-state index contributed by atoms with van der Waals surface area (Å²) in [6.07, 6.45) is -4.62. The monoisotopic (exact) mass is 543 g/mol. The zero-order valence-corrected chi connectivity index (χ0v) is 20.7. The molecule has 0 bridgehead atoms. The SMILES string of the molecule is Cc1cccc(-n2c(CNC(=O)c3ccccc3F)nnc2SCC(=O)Nc2ccccc2C(F)(F)F)c1. The van der Waals surface area contributed by atoms with Crippen molar-refractivity contribution in [3.8, 4) is 5.69 Å². The van der Waals surface area contributed by atoms with Crippen LogP contribution in [0.4, 0.5) is 23.2 Å². The van der Waals surface area contributed by atoms with Crippen LogP contribution in [-0.4, -0.2) is 32.3 Å². The lowest BCUT2D eigenvalue weighted by atomic mass is 10.1. The highest BCUT2D eigenvalue weighted by molar-refractivity contribution is 7.99. The number of rotatable bonds is 8. The minimum absolute atomic E-state index is 0.0974. The zero-order chi connectivity index (χ0) is 27.3. The summed E-state index contributed by atoms with van der Waals surface area (Å²) in [5.74, 6) is -1.92. The first kappa shape index (κ1) is 26.9. The highest BCUT2D eigenvalue weighted by Gasteiger charge is 2.33. The molecule has 1 aromatic heterocycles. The number of anilines is 1. The maximum atomic E-state index is 14.0. The van der Waals surface area contributed by atoms with Gasteiger partial charge in [-0.1, -0.05) is 48.2 Å². The number of hydrogen-bond acceptors (Lipinski definition) is 5. The summed E-state index contributed by atoms with van der Waals surface area (Å²) in [5, 5.41) is 13.4. The normalized spacial score (nSPS) is 11.3. The molecule has 196 valence electrons. The third kappa shape index (κ3) is 6.38. The summed E-state index contributed by atoms with van der Waals surface area (Å²) < 4.78 is 55.4. The van der Waals surface area contributed by atoms with Gasteiger partial charge in [-0.2, -0.15) is 13.2 Å². The average Bonchev–Trinajstić information content (AvgIpc) is 3.29. The van der Waals surface area contributed by atoms with E-state index in [-0.39, 0.29) is 28.7 Å². The fourth-order valence-electron chi connectivity index (χ4n) is 3.59. The van der Waals surface area contributed by atoms with Crippen molar-refractivity contribution in [3.05, 3.63) is 101 Å². The summed E-state index contributed by atoms with van der Waals surface area (Å²) >= 11 is 0.966. The molecule has 3 aromatic carbocycles. The van der Waals surface area contributed by atoms with E-state index in [1.165, 1.54) is 36.4 Å². The third-order valence-corrected chi connectivity index (χ3v) is 6.25. The molecule has 0 spiro atoms. The van der Waals surface area contributed by atoms with Crippen LogP contribution in [0.2, 0.25) is 0 Å². The minimum atomic E-state index is -4.62. The van der Waals surface area contributed by atoms with Crippen LogP contribution in [0.1, 0.15) is 27.3 Å². The van der Waals surface area contributed by atoms with Gasteiger partial charge >= 0.3 is 6.18 Å². The number of halogens is 4. The number of aromatic nitrogens is 3. The molecule has 0 aliphatic carbocycles. The van der Waals surface area contributed by atoms with Crippen molar-refractivity contribution in [3.63, 3.8) is 0 Å². The number of aryl methyl sites for hydroxylation is 1. The second kappa shape index (κ2) is 11.5. The van der Waals surface area contributed by atoms with Crippen molar-refractivity contribution in [1.29, 1.82) is 0 Å². The molecule has 1 heterocycles. The summed E-state index contributed by atoms with van der Waals surface area (Å²) in [5.41, 5.74) is 0.154. The van der Waals surface area contributed by atoms with Gasteiger partial charge < -0.3 is 10.6 Å². The van der Waals surface area contributed by atoms with E-state index in [1.54, 1.807) is 16.7 Å². The third-order valence-electron chi connectivity index (χ3n) is 5.32. The molecule has 4 aromatic rings. The number of carbonyl (C=O) groups is 2. The Labute approximate surface area is 219 Å². The lowest BCUT2D eigenvalue weighted by Gasteiger charge is -2.14. The van der Waals surface area contributed by atoms with Gasteiger partial charge in [-0.05, 0) is 48.9 Å². The summed E-state index contributed by atoms with van der Waals surface area (Å²) in [6, 6.07) is 17.6. The number of alkyl halides is 3. The van der Waals surface area contributed by atoms with Crippen molar-refractivity contribution < 1.29 is 27.2 Å². The second-order valence-corrected chi connectivity index (χ2v) is 9.06. The van der Waals surface area contributed by atoms with Crippen molar-refractivity contribution >= 4 is 29.3 Å². The number of nitrogens with one attached hydrogen (secondary N) is 2. The molecule has 0 saturated heterocycles. The van der Waals surface area contributed by atoms with Crippen LogP contribution in [0.5, 0.6) is 0 Å². The number of benzene rings is 3. The molecule has 4 rings (SSSR count). The van der Waals surface area contributed by atoms with Gasteiger partial charge in [0.25, 0.3) is 5.91 Å². The number of nitrogens with zero attached hydrogens (tertiary/aromatic N) is 3. The number of para-hydroxylation sites is 1. The van der Waals surface area contributed by atoms with Crippen molar-refractivity contribution in [2.45, 2.75) is 24.8 Å². The van der Waals surface area contributed by atoms with Gasteiger partial charge in [0.05, 0.1) is 29.1 Å². The first-order valence-corrected chi connectivity index (χ1v) is 12.2. The fourth-order valence-corrected chi connectivity index (χ4v) is 4.36. The molecule has 12 heteroatoms. The molecule has 7 nitrogen and oxygen atoms in total. The second-order valence-electron chi connectivity index (χ2n) is 8.12. The summed E-state index contributed by atoms with van der Waals surface area (Å²) in [4.78, 5) is 25.0. The number of thioether (sulfide) groups is 1. The van der Waals surface area contributed by atoms with Crippen molar-refractivity contribution in [2.24, 2.45) is 0 Å². The highest BCUT2D eigenvalue weighted by Crippen LogP contribution is 2.34. The smallest absolute Gasteiger partial charge is 0.345 e. The van der Waals surface area contributed by atoms with Gasteiger partial charge in [-0.25, -0.2) is 4.39 Å². The average molecular weight is 544 g/mol. The predicted molar refractivity (Wildman–Crippen MR) is 134 cm³/mol. The summed E-state index contributed by atoms with van der Waals surface area (Å²) in [7, 11) is 0. The van der Waals surface area contributed by atoms with E-state index in [0.717, 1.165) is 23.4 Å². The summed E-state index contributed by atoms with van der Waals surface area (Å²) in [6.45, 7) is 1.78. The van der Waals surface area contributed by atoms with Crippen LogP contribution >= 0.6 is 11.8 Å². The molecular weight excluding hydrogens is 522 g/mol. The minimum Gasteiger partial charge on any atom is -0.345 e. The molecule has 0 saturated carbocycles. The number of amides is 2. The Morgan fingerprint density at radius 2 is 1.71 bits per heavy atom. The van der Waals surface area contributed by atoms with Crippen LogP contribution < -0.4 is 10.6 Å². The molecule has 0 aliphatic heterocycles. The largest absolute Gasteiger partial charge is 0.418 e. The highest BCUT2D eigenvalue weighted by atomic mass is 32.2. The Balaban J connectivity index is 1.53. The van der Waals surface area contributed by atoms with E-state index < -0.39 is 29.4 Å². The molecule has 2 N–H and O–H groups in total. The lowest BCUT2D eigenvalue weighted by Crippen LogP contribution is -2.25. The molecule has 0 unspecified atom stereocenters. The van der Waals surface area contributed by atoms with E-state index in [9.17, 15) is 27.2 Å². The molecule has 38 heavy (non-hydrogen) atoms. The lowest BCUT2D eigenvalue weighted by molar-refractivity contribution is -0.137. The molecule has 0 fully saturated rings. The van der Waals surface area contributed by atoms with E-state index in [2.05, 4.69) is 20.8 Å². The fraction of sp³-hybridized carbons (Fsp3) is 0.154.